The van der Waals surface area contributed by atoms with Gasteiger partial charge in [0.15, 0.2) is 0 Å². The van der Waals surface area contributed by atoms with Crippen LogP contribution in [0.1, 0.15) is 5.56 Å². The molecule has 0 spiro atoms. The van der Waals surface area contributed by atoms with Gasteiger partial charge in [-0.05, 0) is 36.8 Å². The molecule has 2 nitrogen and oxygen atoms in total. The summed E-state index contributed by atoms with van der Waals surface area (Å²) in [5, 5.41) is 4.76. The zero-order valence-corrected chi connectivity index (χ0v) is 11.9. The fourth-order valence-corrected chi connectivity index (χ4v) is 2.35. The lowest BCUT2D eigenvalue weighted by atomic mass is 10.2. The van der Waals surface area contributed by atoms with Gasteiger partial charge in [-0.1, -0.05) is 40.9 Å². The van der Waals surface area contributed by atoms with Gasteiger partial charge in [-0.2, -0.15) is 0 Å². The molecule has 2 rings (SSSR count). The molecule has 0 aromatic heterocycles. The first-order chi connectivity index (χ1) is 8.47. The van der Waals surface area contributed by atoms with Gasteiger partial charge in [0.25, 0.3) is 0 Å². The van der Waals surface area contributed by atoms with Crippen molar-refractivity contribution in [3.05, 3.63) is 51.0 Å². The Morgan fingerprint density at radius 2 is 1.61 bits per heavy atom. The summed E-state index contributed by atoms with van der Waals surface area (Å²) in [4.78, 5) is 0. The maximum Gasteiger partial charge on any atom is 0.0764 e. The number of anilines is 3. The lowest BCUT2D eigenvalue weighted by Gasteiger charge is -2.13. The van der Waals surface area contributed by atoms with Crippen molar-refractivity contribution in [2.45, 2.75) is 6.92 Å². The van der Waals surface area contributed by atoms with E-state index in [9.17, 15) is 0 Å². The Balaban J connectivity index is 2.43. The molecule has 2 aromatic carbocycles. The standard InChI is InChI=1S/C13H11Cl3N2/c1-7-2-3-8(14)4-12(7)18-13-10(15)5-9(17)6-11(13)16/h2-6,18H,17H2,1H3. The first-order valence-corrected chi connectivity index (χ1v) is 6.38. The van der Waals surface area contributed by atoms with E-state index in [2.05, 4.69) is 5.32 Å². The molecule has 5 heteroatoms. The number of nitrogens with one attached hydrogen (secondary N) is 1. The zero-order valence-electron chi connectivity index (χ0n) is 9.60. The summed E-state index contributed by atoms with van der Waals surface area (Å²) in [6.07, 6.45) is 0. The molecular weight excluding hydrogens is 291 g/mol. The van der Waals surface area contributed by atoms with E-state index in [0.717, 1.165) is 11.3 Å². The average Bonchev–Trinajstić information content (AvgIpc) is 2.28. The second-order valence-electron chi connectivity index (χ2n) is 3.94. The fourth-order valence-electron chi connectivity index (χ4n) is 1.58. The lowest BCUT2D eigenvalue weighted by molar-refractivity contribution is 1.43. The van der Waals surface area contributed by atoms with Crippen molar-refractivity contribution < 1.29 is 0 Å². The average molecular weight is 302 g/mol. The minimum atomic E-state index is 0.472. The van der Waals surface area contributed by atoms with Crippen molar-refractivity contribution in [2.75, 3.05) is 11.1 Å². The molecule has 0 saturated heterocycles. The lowest BCUT2D eigenvalue weighted by Crippen LogP contribution is -1.96. The molecule has 2 aromatic rings. The third-order valence-corrected chi connectivity index (χ3v) is 3.36. The van der Waals surface area contributed by atoms with E-state index in [1.807, 2.05) is 25.1 Å². The van der Waals surface area contributed by atoms with Crippen LogP contribution in [0.5, 0.6) is 0 Å². The number of rotatable bonds is 2. The normalized spacial score (nSPS) is 10.4. The molecule has 3 N–H and O–H groups in total. The van der Waals surface area contributed by atoms with Gasteiger partial charge in [-0.25, -0.2) is 0 Å². The molecule has 0 aliphatic rings. The monoisotopic (exact) mass is 300 g/mol. The van der Waals surface area contributed by atoms with Crippen LogP contribution >= 0.6 is 34.8 Å². The van der Waals surface area contributed by atoms with Crippen molar-refractivity contribution in [1.29, 1.82) is 0 Å². The van der Waals surface area contributed by atoms with Gasteiger partial charge in [0.05, 0.1) is 15.7 Å². The molecule has 94 valence electrons. The third-order valence-electron chi connectivity index (χ3n) is 2.52. The summed E-state index contributed by atoms with van der Waals surface area (Å²) >= 11 is 18.2. The van der Waals surface area contributed by atoms with Crippen LogP contribution < -0.4 is 11.1 Å². The summed E-state index contributed by atoms with van der Waals surface area (Å²) in [5.74, 6) is 0. The maximum absolute atomic E-state index is 6.12. The molecule has 0 aliphatic heterocycles. The predicted octanol–water partition coefficient (Wildman–Crippen LogP) is 5.28. The second-order valence-corrected chi connectivity index (χ2v) is 5.19. The van der Waals surface area contributed by atoms with E-state index in [0.29, 0.717) is 26.4 Å². The molecule has 18 heavy (non-hydrogen) atoms. The Morgan fingerprint density at radius 3 is 2.22 bits per heavy atom. The van der Waals surface area contributed by atoms with Crippen LogP contribution in [0.4, 0.5) is 17.1 Å². The van der Waals surface area contributed by atoms with E-state index in [1.165, 1.54) is 0 Å². The Morgan fingerprint density at radius 1 is 1.00 bits per heavy atom. The van der Waals surface area contributed by atoms with Gasteiger partial charge in [-0.3, -0.25) is 0 Å². The van der Waals surface area contributed by atoms with Crippen LogP contribution in [0.2, 0.25) is 15.1 Å². The van der Waals surface area contributed by atoms with E-state index in [4.69, 9.17) is 40.5 Å². The molecule has 0 aliphatic carbocycles. The van der Waals surface area contributed by atoms with Gasteiger partial charge in [0.1, 0.15) is 0 Å². The molecule has 0 unspecified atom stereocenters. The highest BCUT2D eigenvalue weighted by molar-refractivity contribution is 6.39. The Bertz CT molecular complexity index is 574. The SMILES string of the molecule is Cc1ccc(Cl)cc1Nc1c(Cl)cc(N)cc1Cl. The topological polar surface area (TPSA) is 38.0 Å². The van der Waals surface area contributed by atoms with Gasteiger partial charge >= 0.3 is 0 Å². The minimum absolute atomic E-state index is 0.472. The summed E-state index contributed by atoms with van der Waals surface area (Å²) < 4.78 is 0. The number of aryl methyl sites for hydroxylation is 1. The largest absolute Gasteiger partial charge is 0.399 e. The zero-order chi connectivity index (χ0) is 13.3. The van der Waals surface area contributed by atoms with Crippen LogP contribution in [0, 0.1) is 6.92 Å². The van der Waals surface area contributed by atoms with E-state index in [1.54, 1.807) is 12.1 Å². The quantitative estimate of drug-likeness (QED) is 0.740. The predicted molar refractivity (Wildman–Crippen MR) is 80.3 cm³/mol. The number of benzene rings is 2. The molecule has 0 bridgehead atoms. The van der Waals surface area contributed by atoms with Gasteiger partial charge in [0, 0.05) is 16.4 Å². The second kappa shape index (κ2) is 5.27. The van der Waals surface area contributed by atoms with Crippen molar-refractivity contribution in [3.63, 3.8) is 0 Å². The molecule has 0 saturated carbocycles. The number of nitrogens with two attached hydrogens (primary N) is 1. The van der Waals surface area contributed by atoms with Crippen LogP contribution in [-0.2, 0) is 0 Å². The summed E-state index contributed by atoms with van der Waals surface area (Å²) in [5.41, 5.74) is 8.71. The molecule has 0 amide bonds. The molecule has 0 radical (unpaired) electrons. The summed E-state index contributed by atoms with van der Waals surface area (Å²) in [7, 11) is 0. The highest BCUT2D eigenvalue weighted by Crippen LogP contribution is 2.36. The first-order valence-electron chi connectivity index (χ1n) is 5.25. The summed E-state index contributed by atoms with van der Waals surface area (Å²) in [6.45, 7) is 1.97. The number of hydrogen-bond donors (Lipinski definition) is 2. The summed E-state index contributed by atoms with van der Waals surface area (Å²) in [6, 6.07) is 8.86. The van der Waals surface area contributed by atoms with Crippen LogP contribution in [-0.4, -0.2) is 0 Å². The van der Waals surface area contributed by atoms with Crippen LogP contribution in [0.3, 0.4) is 0 Å². The number of hydrogen-bond acceptors (Lipinski definition) is 2. The third kappa shape index (κ3) is 2.83. The number of nitrogen functional groups attached to an aromatic ring is 1. The van der Waals surface area contributed by atoms with Gasteiger partial charge < -0.3 is 11.1 Å². The van der Waals surface area contributed by atoms with Crippen molar-refractivity contribution >= 4 is 51.9 Å². The highest BCUT2D eigenvalue weighted by atomic mass is 35.5. The minimum Gasteiger partial charge on any atom is -0.399 e. The molecule has 0 atom stereocenters. The van der Waals surface area contributed by atoms with Crippen molar-refractivity contribution in [2.24, 2.45) is 0 Å². The van der Waals surface area contributed by atoms with Gasteiger partial charge in [-0.15, -0.1) is 0 Å². The highest BCUT2D eigenvalue weighted by Gasteiger charge is 2.09. The Kier molecular flexibility index (Phi) is 3.91. The Hall–Kier alpha value is -1.09. The van der Waals surface area contributed by atoms with Crippen LogP contribution in [0.25, 0.3) is 0 Å². The molecule has 0 fully saturated rings. The number of halogens is 3. The van der Waals surface area contributed by atoms with Crippen molar-refractivity contribution in [3.8, 4) is 0 Å². The van der Waals surface area contributed by atoms with E-state index in [-0.39, 0.29) is 0 Å². The maximum atomic E-state index is 6.12. The molecule has 0 heterocycles. The van der Waals surface area contributed by atoms with Crippen molar-refractivity contribution in [1.82, 2.24) is 0 Å². The fraction of sp³-hybridized carbons (Fsp3) is 0.0769. The van der Waals surface area contributed by atoms with E-state index < -0.39 is 0 Å². The van der Waals surface area contributed by atoms with Gasteiger partial charge in [0.2, 0.25) is 0 Å². The van der Waals surface area contributed by atoms with Crippen LogP contribution in [0.15, 0.2) is 30.3 Å². The molecular formula is C13H11Cl3N2. The first kappa shape index (κ1) is 13.3. The smallest absolute Gasteiger partial charge is 0.0764 e. The Labute approximate surface area is 121 Å². The van der Waals surface area contributed by atoms with E-state index >= 15 is 0 Å².